The van der Waals surface area contributed by atoms with E-state index in [2.05, 4.69) is 20.0 Å². The van der Waals surface area contributed by atoms with Gasteiger partial charge >= 0.3 is 0 Å². The van der Waals surface area contributed by atoms with Crippen LogP contribution in [0.2, 0.25) is 0 Å². The highest BCUT2D eigenvalue weighted by Crippen LogP contribution is 2.37. The maximum absolute atomic E-state index is 13.7. The molecule has 0 saturated heterocycles. The highest BCUT2D eigenvalue weighted by atomic mass is 16.5. The summed E-state index contributed by atoms with van der Waals surface area (Å²) in [5.74, 6) is 1.06. The third kappa shape index (κ3) is 3.73. The van der Waals surface area contributed by atoms with Gasteiger partial charge in [-0.1, -0.05) is 0 Å². The molecule has 2 aromatic rings. The van der Waals surface area contributed by atoms with Crippen LogP contribution in [-0.4, -0.2) is 54.1 Å². The van der Waals surface area contributed by atoms with Gasteiger partial charge in [0.05, 0.1) is 32.4 Å². The Morgan fingerprint density at radius 3 is 2.68 bits per heavy atom. The van der Waals surface area contributed by atoms with Crippen molar-refractivity contribution in [2.45, 2.75) is 12.2 Å². The number of Topliss-reactive ketones (excluding diaryl/α,β-unsaturated/α-hetero) is 1. The predicted molar refractivity (Wildman–Crippen MR) is 125 cm³/mol. The lowest BCUT2D eigenvalue weighted by atomic mass is 9.78. The summed E-state index contributed by atoms with van der Waals surface area (Å²) in [7, 11) is 3.10. The summed E-state index contributed by atoms with van der Waals surface area (Å²) >= 11 is 0. The van der Waals surface area contributed by atoms with Crippen LogP contribution >= 0.6 is 0 Å². The Hall–Kier alpha value is -4.31. The molecule has 4 heterocycles. The number of fused-ring (bicyclic) bond motifs is 2. The number of hydrogen-bond donors (Lipinski definition) is 2. The molecule has 3 atom stereocenters. The molecule has 10 nitrogen and oxygen atoms in total. The fourth-order valence-electron chi connectivity index (χ4n) is 4.12. The number of hydrogen-bond acceptors (Lipinski definition) is 10. The summed E-state index contributed by atoms with van der Waals surface area (Å²) in [4.78, 5) is 31.1. The van der Waals surface area contributed by atoms with Gasteiger partial charge < -0.3 is 25.7 Å². The van der Waals surface area contributed by atoms with Gasteiger partial charge in [0.15, 0.2) is 11.5 Å². The molecule has 0 fully saturated rings. The normalized spacial score (nSPS) is 23.3. The van der Waals surface area contributed by atoms with Gasteiger partial charge in [-0.25, -0.2) is 4.98 Å². The second-order valence-corrected chi connectivity index (χ2v) is 7.82. The number of methoxy groups -OCH3 is 2. The number of dihydropyridines is 1. The smallest absolute Gasteiger partial charge is 0.221 e. The van der Waals surface area contributed by atoms with Crippen molar-refractivity contribution in [1.29, 1.82) is 0 Å². The number of carbonyl (C=O) groups excluding carboxylic acids is 1. The standard InChI is InChI=1S/C24H22N6O4/c1-32-18-7-15-17(8-19(18)33-2)29-11-16-21(15)23(31)22(30-24(16)26)12-5-14(10-27-9-12)34-20-6-13(25)3-4-28-20/h3-11,16-17,24H,26H2,1-2H3,(H2,25,28). The Bertz CT molecular complexity index is 1330. The van der Waals surface area contributed by atoms with Crippen LogP contribution in [0, 0.1) is 5.92 Å². The summed E-state index contributed by atoms with van der Waals surface area (Å²) in [6.45, 7) is 0. The van der Waals surface area contributed by atoms with Gasteiger partial charge in [-0.3, -0.25) is 19.8 Å². The number of nitrogens with two attached hydrogens (primary N) is 2. The lowest BCUT2D eigenvalue weighted by Gasteiger charge is -2.33. The minimum Gasteiger partial charge on any atom is -0.493 e. The average Bonchev–Trinajstić information content (AvgIpc) is 2.84. The van der Waals surface area contributed by atoms with Gasteiger partial charge in [0.25, 0.3) is 0 Å². The second-order valence-electron chi connectivity index (χ2n) is 7.82. The van der Waals surface area contributed by atoms with Crippen molar-refractivity contribution in [1.82, 2.24) is 9.97 Å². The molecule has 3 unspecified atom stereocenters. The van der Waals surface area contributed by atoms with Crippen molar-refractivity contribution in [2.75, 3.05) is 20.0 Å². The number of carbonyl (C=O) groups is 1. The Kier molecular flexibility index (Phi) is 5.42. The summed E-state index contributed by atoms with van der Waals surface area (Å²) in [6.07, 6.45) is 9.19. The molecular weight excluding hydrogens is 436 g/mol. The highest BCUT2D eigenvalue weighted by molar-refractivity contribution is 6.52. The number of aromatic nitrogens is 2. The molecule has 10 heteroatoms. The van der Waals surface area contributed by atoms with E-state index < -0.39 is 12.1 Å². The van der Waals surface area contributed by atoms with Crippen molar-refractivity contribution in [3.63, 3.8) is 0 Å². The van der Waals surface area contributed by atoms with E-state index in [9.17, 15) is 4.79 Å². The predicted octanol–water partition coefficient (Wildman–Crippen LogP) is 1.95. The van der Waals surface area contributed by atoms with Gasteiger partial charge in [0, 0.05) is 41.5 Å². The Labute approximate surface area is 195 Å². The van der Waals surface area contributed by atoms with Crippen LogP contribution in [0.5, 0.6) is 11.6 Å². The van der Waals surface area contributed by atoms with Gasteiger partial charge in [-0.2, -0.15) is 0 Å². The fourth-order valence-corrected chi connectivity index (χ4v) is 4.12. The zero-order valence-electron chi connectivity index (χ0n) is 18.5. The summed E-state index contributed by atoms with van der Waals surface area (Å²) < 4.78 is 16.6. The first-order valence-electron chi connectivity index (χ1n) is 10.5. The molecule has 3 aliphatic rings. The number of nitrogens with zero attached hydrogens (tertiary/aromatic N) is 4. The molecule has 0 aromatic carbocycles. The lowest BCUT2D eigenvalue weighted by molar-refractivity contribution is -0.110. The van der Waals surface area contributed by atoms with Crippen molar-refractivity contribution in [3.8, 4) is 11.6 Å². The number of anilines is 1. The van der Waals surface area contributed by atoms with Crippen LogP contribution in [0.25, 0.3) is 0 Å². The van der Waals surface area contributed by atoms with E-state index in [0.29, 0.717) is 45.5 Å². The van der Waals surface area contributed by atoms with Gasteiger partial charge in [0.1, 0.15) is 17.6 Å². The number of rotatable bonds is 5. The minimum absolute atomic E-state index is 0.202. The van der Waals surface area contributed by atoms with Crippen LogP contribution in [0.4, 0.5) is 5.69 Å². The number of nitrogen functional groups attached to an aromatic ring is 1. The zero-order valence-corrected chi connectivity index (χ0v) is 18.5. The number of ether oxygens (including phenoxy) is 3. The third-order valence-electron chi connectivity index (χ3n) is 5.72. The largest absolute Gasteiger partial charge is 0.493 e. The molecule has 172 valence electrons. The Morgan fingerprint density at radius 1 is 1.09 bits per heavy atom. The summed E-state index contributed by atoms with van der Waals surface area (Å²) in [5, 5.41) is 0. The van der Waals surface area contributed by atoms with E-state index in [1.165, 1.54) is 6.20 Å². The number of ketones is 1. The molecule has 4 N–H and O–H groups in total. The van der Waals surface area contributed by atoms with E-state index in [1.54, 1.807) is 57.1 Å². The molecule has 0 radical (unpaired) electrons. The molecule has 0 amide bonds. The van der Waals surface area contributed by atoms with Crippen LogP contribution in [-0.2, 0) is 14.3 Å². The first-order valence-corrected chi connectivity index (χ1v) is 10.5. The molecule has 0 spiro atoms. The van der Waals surface area contributed by atoms with E-state index in [-0.39, 0.29) is 17.5 Å². The summed E-state index contributed by atoms with van der Waals surface area (Å²) in [5.41, 5.74) is 14.6. The Balaban J connectivity index is 1.53. The molecule has 1 aliphatic carbocycles. The first kappa shape index (κ1) is 21.5. The number of pyridine rings is 2. The van der Waals surface area contributed by atoms with E-state index in [0.717, 1.165) is 0 Å². The zero-order chi connectivity index (χ0) is 23.8. The van der Waals surface area contributed by atoms with Crippen molar-refractivity contribution >= 4 is 23.4 Å². The number of aliphatic imine (C=N–C) groups is 2. The van der Waals surface area contributed by atoms with Crippen LogP contribution in [0.3, 0.4) is 0 Å². The van der Waals surface area contributed by atoms with E-state index in [1.807, 2.05) is 6.08 Å². The van der Waals surface area contributed by atoms with Crippen LogP contribution in [0.15, 0.2) is 81.6 Å². The topological polar surface area (TPSA) is 147 Å². The molecule has 34 heavy (non-hydrogen) atoms. The van der Waals surface area contributed by atoms with Crippen molar-refractivity contribution in [2.24, 2.45) is 21.6 Å². The van der Waals surface area contributed by atoms with E-state index in [4.69, 9.17) is 25.7 Å². The van der Waals surface area contributed by atoms with Crippen LogP contribution in [0.1, 0.15) is 5.56 Å². The monoisotopic (exact) mass is 458 g/mol. The average molecular weight is 458 g/mol. The molecule has 2 aromatic heterocycles. The molecular formula is C24H22N6O4. The minimum atomic E-state index is -0.688. The van der Waals surface area contributed by atoms with Gasteiger partial charge in [0.2, 0.25) is 11.7 Å². The van der Waals surface area contributed by atoms with Crippen molar-refractivity contribution in [3.05, 3.63) is 77.2 Å². The second kappa shape index (κ2) is 8.56. The van der Waals surface area contributed by atoms with Crippen LogP contribution < -0.4 is 16.2 Å². The van der Waals surface area contributed by atoms with Crippen molar-refractivity contribution < 1.29 is 19.0 Å². The van der Waals surface area contributed by atoms with Gasteiger partial charge in [-0.15, -0.1) is 0 Å². The fraction of sp³-hybridized carbons (Fsp3) is 0.208. The quantitative estimate of drug-likeness (QED) is 0.691. The summed E-state index contributed by atoms with van der Waals surface area (Å²) in [6, 6.07) is 4.54. The molecule has 5 rings (SSSR count). The lowest BCUT2D eigenvalue weighted by Crippen LogP contribution is -2.44. The third-order valence-corrected chi connectivity index (χ3v) is 5.72. The maximum Gasteiger partial charge on any atom is 0.221 e. The molecule has 0 bridgehead atoms. The highest BCUT2D eigenvalue weighted by Gasteiger charge is 2.40. The Morgan fingerprint density at radius 2 is 1.91 bits per heavy atom. The SMILES string of the molecule is COC1=CC2=C3C(=O)C(c4cncc(Oc5cc(N)ccn5)c4)=NC(N)C3C=NC2C=C1OC. The molecule has 2 aliphatic heterocycles. The van der Waals surface area contributed by atoms with E-state index >= 15 is 0 Å². The first-order chi connectivity index (χ1) is 16.5. The van der Waals surface area contributed by atoms with Gasteiger partial charge in [-0.05, 0) is 29.9 Å². The molecule has 0 saturated carbocycles. The maximum atomic E-state index is 13.7.